The second-order valence-electron chi connectivity index (χ2n) is 6.16. The van der Waals surface area contributed by atoms with Gasteiger partial charge in [0, 0.05) is 28.7 Å². The van der Waals surface area contributed by atoms with Crippen molar-refractivity contribution in [2.75, 3.05) is 6.54 Å². The van der Waals surface area contributed by atoms with Gasteiger partial charge in [-0.2, -0.15) is 0 Å². The van der Waals surface area contributed by atoms with Crippen molar-refractivity contribution in [2.24, 2.45) is 0 Å². The van der Waals surface area contributed by atoms with E-state index in [2.05, 4.69) is 10.3 Å². The minimum Gasteiger partial charge on any atom is -0.445 e. The highest BCUT2D eigenvalue weighted by Gasteiger charge is 2.24. The van der Waals surface area contributed by atoms with Crippen LogP contribution in [0.2, 0.25) is 0 Å². The molecular weight excluding hydrogens is 332 g/mol. The van der Waals surface area contributed by atoms with Crippen molar-refractivity contribution in [1.82, 2.24) is 10.3 Å². The standard InChI is InChI=1S/C20H22N2O4/c1-13-18(15-9-5-6-10-16(15)22-13)19(24)17(23)11-21-20(25)26-12-14-7-3-2-4-8-14/h2-10,17,19,22-24H,11-12H2,1H3,(H,21,25). The number of nitrogens with one attached hydrogen (secondary N) is 2. The molecule has 0 saturated heterocycles. The molecule has 0 bridgehead atoms. The molecule has 136 valence electrons. The Hall–Kier alpha value is -2.83. The van der Waals surface area contributed by atoms with Crippen LogP contribution in [0, 0.1) is 6.92 Å². The van der Waals surface area contributed by atoms with Gasteiger partial charge in [-0.15, -0.1) is 0 Å². The van der Waals surface area contributed by atoms with Crippen LogP contribution in [-0.4, -0.2) is 33.9 Å². The molecule has 6 heteroatoms. The molecule has 0 saturated carbocycles. The third-order valence-electron chi connectivity index (χ3n) is 4.27. The molecule has 3 rings (SSSR count). The fourth-order valence-electron chi connectivity index (χ4n) is 2.95. The van der Waals surface area contributed by atoms with E-state index in [-0.39, 0.29) is 13.2 Å². The molecule has 4 N–H and O–H groups in total. The van der Waals surface area contributed by atoms with Crippen LogP contribution in [0.3, 0.4) is 0 Å². The summed E-state index contributed by atoms with van der Waals surface area (Å²) in [5, 5.41) is 24.1. The molecule has 3 aromatic rings. The maximum Gasteiger partial charge on any atom is 0.407 e. The molecule has 1 heterocycles. The highest BCUT2D eigenvalue weighted by Crippen LogP contribution is 2.29. The molecule has 1 amide bonds. The van der Waals surface area contributed by atoms with Crippen LogP contribution in [0.15, 0.2) is 54.6 Å². The first-order valence-electron chi connectivity index (χ1n) is 8.44. The number of amides is 1. The number of rotatable bonds is 6. The number of alkyl carbamates (subject to hydrolysis) is 1. The second-order valence-corrected chi connectivity index (χ2v) is 6.16. The molecule has 0 aliphatic rings. The summed E-state index contributed by atoms with van der Waals surface area (Å²) in [5.74, 6) is 0. The number of hydrogen-bond acceptors (Lipinski definition) is 4. The number of carbonyl (C=O) groups excluding carboxylic acids is 1. The molecule has 6 nitrogen and oxygen atoms in total. The van der Waals surface area contributed by atoms with E-state index in [1.807, 2.05) is 61.5 Å². The first-order valence-corrected chi connectivity index (χ1v) is 8.44. The van der Waals surface area contributed by atoms with Gasteiger partial charge in [0.2, 0.25) is 0 Å². The summed E-state index contributed by atoms with van der Waals surface area (Å²) in [6.45, 7) is 1.87. The molecule has 0 fully saturated rings. The smallest absolute Gasteiger partial charge is 0.407 e. The van der Waals surface area contributed by atoms with Crippen LogP contribution in [0.1, 0.15) is 22.9 Å². The van der Waals surface area contributed by atoms with Crippen LogP contribution < -0.4 is 5.32 Å². The second kappa shape index (κ2) is 8.03. The maximum absolute atomic E-state index is 11.8. The van der Waals surface area contributed by atoms with Crippen molar-refractivity contribution >= 4 is 17.0 Å². The van der Waals surface area contributed by atoms with E-state index < -0.39 is 18.3 Å². The lowest BCUT2D eigenvalue weighted by atomic mass is 10.0. The lowest BCUT2D eigenvalue weighted by Crippen LogP contribution is -2.35. The van der Waals surface area contributed by atoms with Gasteiger partial charge in [0.15, 0.2) is 0 Å². The predicted molar refractivity (Wildman–Crippen MR) is 98.6 cm³/mol. The van der Waals surface area contributed by atoms with E-state index in [4.69, 9.17) is 4.74 Å². The van der Waals surface area contributed by atoms with Crippen LogP contribution in [0.5, 0.6) is 0 Å². The predicted octanol–water partition coefficient (Wildman–Crippen LogP) is 2.80. The average Bonchev–Trinajstić information content (AvgIpc) is 3.00. The summed E-state index contributed by atoms with van der Waals surface area (Å²) in [5.41, 5.74) is 3.18. The van der Waals surface area contributed by atoms with E-state index in [0.717, 1.165) is 22.2 Å². The number of ether oxygens (including phenoxy) is 1. The van der Waals surface area contributed by atoms with Gasteiger partial charge in [0.25, 0.3) is 0 Å². The van der Waals surface area contributed by atoms with Gasteiger partial charge in [0.1, 0.15) is 18.8 Å². The number of benzene rings is 2. The van der Waals surface area contributed by atoms with Crippen molar-refractivity contribution in [1.29, 1.82) is 0 Å². The molecule has 26 heavy (non-hydrogen) atoms. The lowest BCUT2D eigenvalue weighted by Gasteiger charge is -2.19. The number of aliphatic hydroxyl groups is 2. The normalized spacial score (nSPS) is 13.3. The number of para-hydroxylation sites is 1. The summed E-state index contributed by atoms with van der Waals surface area (Å²) < 4.78 is 5.09. The summed E-state index contributed by atoms with van der Waals surface area (Å²) in [4.78, 5) is 15.0. The minimum absolute atomic E-state index is 0.117. The highest BCUT2D eigenvalue weighted by molar-refractivity contribution is 5.85. The maximum atomic E-state index is 11.8. The van der Waals surface area contributed by atoms with Gasteiger partial charge in [-0.1, -0.05) is 48.5 Å². The number of H-pyrrole nitrogens is 1. The first-order chi connectivity index (χ1) is 12.6. The largest absolute Gasteiger partial charge is 0.445 e. The quantitative estimate of drug-likeness (QED) is 0.547. The Bertz CT molecular complexity index is 876. The Morgan fingerprint density at radius 1 is 1.12 bits per heavy atom. The van der Waals surface area contributed by atoms with E-state index >= 15 is 0 Å². The highest BCUT2D eigenvalue weighted by atomic mass is 16.5. The van der Waals surface area contributed by atoms with Crippen molar-refractivity contribution in [3.63, 3.8) is 0 Å². The van der Waals surface area contributed by atoms with Gasteiger partial charge >= 0.3 is 6.09 Å². The van der Waals surface area contributed by atoms with Gasteiger partial charge in [-0.05, 0) is 18.6 Å². The molecule has 0 aliphatic heterocycles. The van der Waals surface area contributed by atoms with E-state index in [1.54, 1.807) is 0 Å². The Kier molecular flexibility index (Phi) is 5.55. The number of hydrogen-bond donors (Lipinski definition) is 4. The van der Waals surface area contributed by atoms with Crippen molar-refractivity contribution < 1.29 is 19.7 Å². The Morgan fingerprint density at radius 2 is 1.81 bits per heavy atom. The number of fused-ring (bicyclic) bond motifs is 1. The summed E-state index contributed by atoms with van der Waals surface area (Å²) in [6, 6.07) is 16.9. The topological polar surface area (TPSA) is 94.6 Å². The number of aromatic nitrogens is 1. The third-order valence-corrected chi connectivity index (χ3v) is 4.27. The zero-order valence-corrected chi connectivity index (χ0v) is 14.5. The van der Waals surface area contributed by atoms with Gasteiger partial charge in [0.05, 0.1) is 0 Å². The third kappa shape index (κ3) is 4.04. The molecule has 0 spiro atoms. The average molecular weight is 354 g/mol. The monoisotopic (exact) mass is 354 g/mol. The van der Waals surface area contributed by atoms with Crippen molar-refractivity contribution in [3.05, 3.63) is 71.4 Å². The molecular formula is C20H22N2O4. The summed E-state index contributed by atoms with van der Waals surface area (Å²) in [6.07, 6.45) is -2.92. The Balaban J connectivity index is 1.56. The van der Waals surface area contributed by atoms with Gasteiger partial charge in [-0.25, -0.2) is 4.79 Å². The van der Waals surface area contributed by atoms with Gasteiger partial charge < -0.3 is 25.3 Å². The fraction of sp³-hybridized carbons (Fsp3) is 0.250. The molecule has 1 aromatic heterocycles. The van der Waals surface area contributed by atoms with E-state index in [1.165, 1.54) is 0 Å². The molecule has 2 atom stereocenters. The SMILES string of the molecule is Cc1[nH]c2ccccc2c1C(O)C(O)CNC(=O)OCc1ccccc1. The molecule has 0 radical (unpaired) electrons. The minimum atomic E-state index is -1.16. The van der Waals surface area contributed by atoms with Crippen LogP contribution >= 0.6 is 0 Å². The van der Waals surface area contributed by atoms with Gasteiger partial charge in [-0.3, -0.25) is 0 Å². The Morgan fingerprint density at radius 3 is 2.58 bits per heavy atom. The van der Waals surface area contributed by atoms with Crippen LogP contribution in [0.25, 0.3) is 10.9 Å². The zero-order chi connectivity index (χ0) is 18.5. The molecule has 2 unspecified atom stereocenters. The fourth-order valence-corrected chi connectivity index (χ4v) is 2.95. The number of carbonyl (C=O) groups is 1. The van der Waals surface area contributed by atoms with E-state index in [9.17, 15) is 15.0 Å². The number of aromatic amines is 1. The summed E-state index contributed by atoms with van der Waals surface area (Å²) >= 11 is 0. The van der Waals surface area contributed by atoms with Crippen molar-refractivity contribution in [2.45, 2.75) is 25.7 Å². The zero-order valence-electron chi connectivity index (χ0n) is 14.5. The molecule has 2 aromatic carbocycles. The Labute approximate surface area is 151 Å². The molecule has 0 aliphatic carbocycles. The first kappa shape index (κ1) is 18.0. The summed E-state index contributed by atoms with van der Waals surface area (Å²) in [7, 11) is 0. The number of aliphatic hydroxyl groups excluding tert-OH is 2. The van der Waals surface area contributed by atoms with Crippen LogP contribution in [-0.2, 0) is 11.3 Å². The number of aryl methyl sites for hydroxylation is 1. The lowest BCUT2D eigenvalue weighted by molar-refractivity contribution is 0.0189. The van der Waals surface area contributed by atoms with Crippen molar-refractivity contribution in [3.8, 4) is 0 Å². The van der Waals surface area contributed by atoms with Crippen LogP contribution in [0.4, 0.5) is 4.79 Å². The van der Waals surface area contributed by atoms with E-state index in [0.29, 0.717) is 5.56 Å².